The molecule has 0 radical (unpaired) electrons. The zero-order chi connectivity index (χ0) is 13.3. The third-order valence-corrected chi connectivity index (χ3v) is 3.03. The summed E-state index contributed by atoms with van der Waals surface area (Å²) in [6.45, 7) is 5.92. The summed E-state index contributed by atoms with van der Waals surface area (Å²) in [5.74, 6) is 0.168. The molecule has 0 saturated carbocycles. The predicted molar refractivity (Wildman–Crippen MR) is 66.8 cm³/mol. The summed E-state index contributed by atoms with van der Waals surface area (Å²) in [5.41, 5.74) is 0.624. The van der Waals surface area contributed by atoms with Crippen molar-refractivity contribution < 1.29 is 9.59 Å². The fraction of sp³-hybridized carbons (Fsp3) is 0.462. The molecule has 0 spiro atoms. The second-order valence-electron chi connectivity index (χ2n) is 5.18. The molecule has 3 amide bonds. The maximum atomic E-state index is 11.8. The lowest BCUT2D eigenvalue weighted by Gasteiger charge is -2.20. The van der Waals surface area contributed by atoms with Gasteiger partial charge in [0.2, 0.25) is 0 Å². The van der Waals surface area contributed by atoms with E-state index in [1.807, 2.05) is 12.1 Å². The number of hydrogen-bond acceptors (Lipinski definition) is 3. The van der Waals surface area contributed by atoms with E-state index >= 15 is 0 Å². The number of carbonyl (C=O) groups is 2. The summed E-state index contributed by atoms with van der Waals surface area (Å²) in [4.78, 5) is 27.2. The van der Waals surface area contributed by atoms with Gasteiger partial charge in [0.1, 0.15) is 0 Å². The van der Waals surface area contributed by atoms with Crippen LogP contribution in [0.15, 0.2) is 18.3 Å². The number of aromatic nitrogens is 1. The lowest BCUT2D eigenvalue weighted by Crippen LogP contribution is -2.41. The quantitative estimate of drug-likeness (QED) is 0.792. The highest BCUT2D eigenvalue weighted by molar-refractivity contribution is 6.06. The van der Waals surface area contributed by atoms with Crippen LogP contribution in [-0.2, 0) is 16.8 Å². The Morgan fingerprint density at radius 3 is 2.67 bits per heavy atom. The molecule has 0 aliphatic carbocycles. The van der Waals surface area contributed by atoms with Gasteiger partial charge in [-0.3, -0.25) is 15.1 Å². The van der Waals surface area contributed by atoms with Gasteiger partial charge in [-0.25, -0.2) is 4.79 Å². The first-order chi connectivity index (χ1) is 8.41. The van der Waals surface area contributed by atoms with Crippen molar-refractivity contribution in [2.45, 2.75) is 32.7 Å². The Hall–Kier alpha value is -1.91. The van der Waals surface area contributed by atoms with E-state index < -0.39 is 11.6 Å². The van der Waals surface area contributed by atoms with Crippen molar-refractivity contribution >= 4 is 11.9 Å². The Morgan fingerprint density at radius 2 is 2.11 bits per heavy atom. The summed E-state index contributed by atoms with van der Waals surface area (Å²) in [5, 5.41) is 4.85. The van der Waals surface area contributed by atoms with E-state index in [4.69, 9.17) is 0 Å². The zero-order valence-corrected chi connectivity index (χ0v) is 10.8. The van der Waals surface area contributed by atoms with Crippen molar-refractivity contribution in [1.29, 1.82) is 0 Å². The summed E-state index contributed by atoms with van der Waals surface area (Å²) in [6, 6.07) is 3.34. The molecule has 1 aliphatic rings. The molecule has 1 atom stereocenters. The molecule has 96 valence electrons. The van der Waals surface area contributed by atoms with Crippen LogP contribution in [0.3, 0.4) is 0 Å². The highest BCUT2D eigenvalue weighted by Crippen LogP contribution is 2.23. The van der Waals surface area contributed by atoms with E-state index in [-0.39, 0.29) is 5.91 Å². The molecule has 18 heavy (non-hydrogen) atoms. The predicted octanol–water partition coefficient (Wildman–Crippen LogP) is 1.33. The summed E-state index contributed by atoms with van der Waals surface area (Å²) in [7, 11) is 0. The Labute approximate surface area is 106 Å². The number of amides is 3. The third-order valence-electron chi connectivity index (χ3n) is 3.03. The molecule has 5 heteroatoms. The minimum atomic E-state index is -1.07. The van der Waals surface area contributed by atoms with Crippen LogP contribution in [0.25, 0.3) is 0 Å². The van der Waals surface area contributed by atoms with Crippen LogP contribution in [0.1, 0.15) is 32.0 Å². The third kappa shape index (κ3) is 2.20. The first kappa shape index (κ1) is 12.5. The Morgan fingerprint density at radius 1 is 1.39 bits per heavy atom. The van der Waals surface area contributed by atoms with E-state index in [1.165, 1.54) is 0 Å². The average Bonchev–Trinajstić information content (AvgIpc) is 2.53. The normalized spacial score (nSPS) is 23.1. The minimum absolute atomic E-state index is 0.360. The molecule has 2 rings (SSSR count). The second kappa shape index (κ2) is 4.40. The van der Waals surface area contributed by atoms with Gasteiger partial charge in [-0.2, -0.15) is 0 Å². The Kier molecular flexibility index (Phi) is 3.07. The monoisotopic (exact) mass is 247 g/mol. The molecular weight excluding hydrogens is 230 g/mol. The van der Waals surface area contributed by atoms with Gasteiger partial charge in [-0.1, -0.05) is 13.8 Å². The van der Waals surface area contributed by atoms with Gasteiger partial charge in [0.15, 0.2) is 5.54 Å². The summed E-state index contributed by atoms with van der Waals surface area (Å²) in [6.07, 6.45) is 2.59. The minimum Gasteiger partial charge on any atom is -0.318 e. The summed E-state index contributed by atoms with van der Waals surface area (Å²) < 4.78 is 0. The highest BCUT2D eigenvalue weighted by Gasteiger charge is 2.44. The van der Waals surface area contributed by atoms with Gasteiger partial charge < -0.3 is 5.32 Å². The van der Waals surface area contributed by atoms with Gasteiger partial charge in [0.25, 0.3) is 5.91 Å². The van der Waals surface area contributed by atoms with Crippen LogP contribution >= 0.6 is 0 Å². The molecule has 1 fully saturated rings. The first-order valence-electron chi connectivity index (χ1n) is 6.01. The van der Waals surface area contributed by atoms with Crippen molar-refractivity contribution in [2.75, 3.05) is 0 Å². The Balaban J connectivity index is 2.33. The van der Waals surface area contributed by atoms with E-state index in [0.717, 1.165) is 12.0 Å². The molecule has 5 nitrogen and oxygen atoms in total. The fourth-order valence-corrected chi connectivity index (χ4v) is 2.07. The van der Waals surface area contributed by atoms with E-state index in [9.17, 15) is 9.59 Å². The van der Waals surface area contributed by atoms with Crippen LogP contribution < -0.4 is 10.6 Å². The summed E-state index contributed by atoms with van der Waals surface area (Å²) >= 11 is 0. The first-order valence-corrected chi connectivity index (χ1v) is 6.01. The molecule has 1 unspecified atom stereocenters. The lowest BCUT2D eigenvalue weighted by atomic mass is 9.94. The molecule has 1 aliphatic heterocycles. The number of pyridine rings is 1. The fourth-order valence-electron chi connectivity index (χ4n) is 2.07. The highest BCUT2D eigenvalue weighted by atomic mass is 16.2. The maximum absolute atomic E-state index is 11.8. The standard InChI is InChI=1S/C13H17N3O2/c1-8(2)6-9-4-5-14-10(7-9)13(3)11(17)15-12(18)16-13/h4-5,7-8H,6H2,1-3H3,(H2,15,16,17,18). The average molecular weight is 247 g/mol. The van der Waals surface area contributed by atoms with Crippen LogP contribution in [0.5, 0.6) is 0 Å². The molecule has 2 N–H and O–H groups in total. The van der Waals surface area contributed by atoms with E-state index in [0.29, 0.717) is 11.6 Å². The number of nitrogens with zero attached hydrogens (tertiary/aromatic N) is 1. The van der Waals surface area contributed by atoms with Crippen LogP contribution in [0.4, 0.5) is 4.79 Å². The number of urea groups is 1. The van der Waals surface area contributed by atoms with Gasteiger partial charge in [-0.15, -0.1) is 0 Å². The molecule has 1 aromatic rings. The topological polar surface area (TPSA) is 71.1 Å². The van der Waals surface area contributed by atoms with Crippen molar-refractivity contribution in [3.8, 4) is 0 Å². The maximum Gasteiger partial charge on any atom is 0.322 e. The number of nitrogens with one attached hydrogen (secondary N) is 2. The zero-order valence-electron chi connectivity index (χ0n) is 10.8. The largest absolute Gasteiger partial charge is 0.322 e. The molecule has 0 bridgehead atoms. The van der Waals surface area contributed by atoms with Gasteiger partial charge in [0.05, 0.1) is 5.69 Å². The number of imide groups is 1. The number of carbonyl (C=O) groups excluding carboxylic acids is 2. The van der Waals surface area contributed by atoms with Crippen molar-refractivity contribution in [1.82, 2.24) is 15.6 Å². The second-order valence-corrected chi connectivity index (χ2v) is 5.18. The van der Waals surface area contributed by atoms with Gasteiger partial charge in [-0.05, 0) is 37.0 Å². The number of rotatable bonds is 3. The van der Waals surface area contributed by atoms with Crippen LogP contribution in [0.2, 0.25) is 0 Å². The van der Waals surface area contributed by atoms with Crippen molar-refractivity contribution in [3.05, 3.63) is 29.6 Å². The smallest absolute Gasteiger partial charge is 0.318 e. The Bertz CT molecular complexity index is 499. The van der Waals surface area contributed by atoms with Gasteiger partial charge >= 0.3 is 6.03 Å². The van der Waals surface area contributed by atoms with Crippen LogP contribution in [0, 0.1) is 5.92 Å². The van der Waals surface area contributed by atoms with Gasteiger partial charge in [0, 0.05) is 6.20 Å². The van der Waals surface area contributed by atoms with E-state index in [1.54, 1.807) is 13.1 Å². The van der Waals surface area contributed by atoms with Crippen LogP contribution in [-0.4, -0.2) is 16.9 Å². The van der Waals surface area contributed by atoms with E-state index in [2.05, 4.69) is 29.5 Å². The SMILES string of the molecule is CC(C)Cc1ccnc(C2(C)NC(=O)NC2=O)c1. The van der Waals surface area contributed by atoms with Crippen molar-refractivity contribution in [2.24, 2.45) is 5.92 Å². The van der Waals surface area contributed by atoms with Crippen molar-refractivity contribution in [3.63, 3.8) is 0 Å². The molecular formula is C13H17N3O2. The molecule has 1 saturated heterocycles. The molecule has 0 aromatic carbocycles. The number of hydrogen-bond donors (Lipinski definition) is 2. The molecule has 2 heterocycles. The molecule has 1 aromatic heterocycles. The lowest BCUT2D eigenvalue weighted by molar-refractivity contribution is -0.123.